The van der Waals surface area contributed by atoms with Crippen molar-refractivity contribution in [1.82, 2.24) is 24.7 Å². The number of piperidine rings is 1. The van der Waals surface area contributed by atoms with Crippen LogP contribution >= 0.6 is 0 Å². The lowest BCUT2D eigenvalue weighted by Crippen LogP contribution is -2.31. The summed E-state index contributed by atoms with van der Waals surface area (Å²) in [5.74, 6) is 2.03. The molecular formula is C14H21N7. The maximum absolute atomic E-state index is 4.66. The molecule has 2 aromatic heterocycles. The van der Waals surface area contributed by atoms with Gasteiger partial charge < -0.3 is 10.2 Å². The largest absolute Gasteiger partial charge is 0.357 e. The van der Waals surface area contributed by atoms with Gasteiger partial charge in [-0.2, -0.15) is 20.1 Å². The molecule has 1 fully saturated rings. The number of rotatable bonds is 4. The predicted octanol–water partition coefficient (Wildman–Crippen LogP) is 1.79. The highest BCUT2D eigenvalue weighted by atomic mass is 15.3. The third-order valence-electron chi connectivity index (χ3n) is 3.73. The Kier molecular flexibility index (Phi) is 3.98. The first-order valence-electron chi connectivity index (χ1n) is 7.52. The van der Waals surface area contributed by atoms with E-state index < -0.39 is 0 Å². The summed E-state index contributed by atoms with van der Waals surface area (Å²) in [6.45, 7) is 4.88. The Labute approximate surface area is 124 Å². The highest BCUT2D eigenvalue weighted by molar-refractivity contribution is 5.54. The van der Waals surface area contributed by atoms with Crippen LogP contribution in [0.3, 0.4) is 0 Å². The lowest BCUT2D eigenvalue weighted by molar-refractivity contribution is 0.567. The fourth-order valence-corrected chi connectivity index (χ4v) is 2.60. The SMILES string of the molecule is CCn1nccc1-c1nc(NC)nc(N2CCCCC2)n1. The summed E-state index contributed by atoms with van der Waals surface area (Å²) in [7, 11) is 1.83. The van der Waals surface area contributed by atoms with E-state index in [1.54, 1.807) is 6.20 Å². The van der Waals surface area contributed by atoms with Crippen LogP contribution in [0, 0.1) is 0 Å². The normalized spacial score (nSPS) is 15.2. The molecule has 0 aliphatic carbocycles. The lowest BCUT2D eigenvalue weighted by Gasteiger charge is -2.26. The fraction of sp³-hybridized carbons (Fsp3) is 0.571. The molecule has 0 aromatic carbocycles. The first-order chi connectivity index (χ1) is 10.3. The second-order valence-electron chi connectivity index (χ2n) is 5.11. The van der Waals surface area contributed by atoms with E-state index >= 15 is 0 Å². The van der Waals surface area contributed by atoms with E-state index in [4.69, 9.17) is 0 Å². The van der Waals surface area contributed by atoms with Crippen molar-refractivity contribution in [2.75, 3.05) is 30.4 Å². The number of nitrogens with one attached hydrogen (secondary N) is 1. The van der Waals surface area contributed by atoms with Crippen molar-refractivity contribution in [3.63, 3.8) is 0 Å². The molecule has 2 aromatic rings. The number of aromatic nitrogens is 5. The molecule has 3 rings (SSSR count). The van der Waals surface area contributed by atoms with Gasteiger partial charge in [-0.05, 0) is 32.3 Å². The molecule has 21 heavy (non-hydrogen) atoms. The minimum absolute atomic E-state index is 0.601. The summed E-state index contributed by atoms with van der Waals surface area (Å²) < 4.78 is 1.90. The van der Waals surface area contributed by atoms with Crippen molar-refractivity contribution in [2.24, 2.45) is 0 Å². The van der Waals surface area contributed by atoms with Gasteiger partial charge in [-0.3, -0.25) is 4.68 Å². The zero-order chi connectivity index (χ0) is 14.7. The molecule has 0 amide bonds. The van der Waals surface area contributed by atoms with E-state index in [0.29, 0.717) is 11.8 Å². The van der Waals surface area contributed by atoms with Gasteiger partial charge in [0.1, 0.15) is 5.69 Å². The molecular weight excluding hydrogens is 266 g/mol. The zero-order valence-corrected chi connectivity index (χ0v) is 12.6. The monoisotopic (exact) mass is 287 g/mol. The Morgan fingerprint density at radius 2 is 1.95 bits per heavy atom. The van der Waals surface area contributed by atoms with Gasteiger partial charge in [-0.1, -0.05) is 0 Å². The molecule has 1 saturated heterocycles. The molecule has 7 nitrogen and oxygen atoms in total. The predicted molar refractivity (Wildman–Crippen MR) is 82.3 cm³/mol. The van der Waals surface area contributed by atoms with Gasteiger partial charge in [-0.15, -0.1) is 0 Å². The van der Waals surface area contributed by atoms with Gasteiger partial charge >= 0.3 is 0 Å². The molecule has 0 atom stereocenters. The van der Waals surface area contributed by atoms with Gasteiger partial charge in [0.15, 0.2) is 5.82 Å². The third kappa shape index (κ3) is 2.81. The molecule has 1 aliphatic rings. The van der Waals surface area contributed by atoms with Crippen LogP contribution in [0.15, 0.2) is 12.3 Å². The van der Waals surface area contributed by atoms with Crippen molar-refractivity contribution >= 4 is 11.9 Å². The Morgan fingerprint density at radius 1 is 1.14 bits per heavy atom. The molecule has 112 valence electrons. The number of hydrogen-bond donors (Lipinski definition) is 1. The van der Waals surface area contributed by atoms with E-state index in [2.05, 4.69) is 37.2 Å². The molecule has 0 radical (unpaired) electrons. The van der Waals surface area contributed by atoms with E-state index in [-0.39, 0.29) is 0 Å². The zero-order valence-electron chi connectivity index (χ0n) is 12.6. The Morgan fingerprint density at radius 3 is 2.67 bits per heavy atom. The Balaban J connectivity index is 2.00. The minimum atomic E-state index is 0.601. The average Bonchev–Trinajstić information content (AvgIpc) is 3.04. The maximum atomic E-state index is 4.66. The van der Waals surface area contributed by atoms with Crippen molar-refractivity contribution in [3.05, 3.63) is 12.3 Å². The molecule has 3 heterocycles. The average molecular weight is 287 g/mol. The second kappa shape index (κ2) is 6.07. The van der Waals surface area contributed by atoms with E-state index in [9.17, 15) is 0 Å². The number of hydrogen-bond acceptors (Lipinski definition) is 6. The van der Waals surface area contributed by atoms with E-state index in [1.807, 2.05) is 17.8 Å². The summed E-state index contributed by atoms with van der Waals surface area (Å²) >= 11 is 0. The molecule has 0 unspecified atom stereocenters. The highest BCUT2D eigenvalue weighted by Gasteiger charge is 2.17. The van der Waals surface area contributed by atoms with Crippen LogP contribution in [-0.4, -0.2) is 44.9 Å². The van der Waals surface area contributed by atoms with Crippen LogP contribution in [-0.2, 0) is 6.54 Å². The number of aryl methyl sites for hydroxylation is 1. The number of anilines is 2. The summed E-state index contributed by atoms with van der Waals surface area (Å²) in [6.07, 6.45) is 5.46. The van der Waals surface area contributed by atoms with Crippen LogP contribution in [0.1, 0.15) is 26.2 Å². The number of nitrogens with zero attached hydrogens (tertiary/aromatic N) is 6. The van der Waals surface area contributed by atoms with Gasteiger partial charge in [0.25, 0.3) is 0 Å². The van der Waals surface area contributed by atoms with Crippen LogP contribution in [0.5, 0.6) is 0 Å². The molecule has 1 aliphatic heterocycles. The van der Waals surface area contributed by atoms with E-state index in [1.165, 1.54) is 19.3 Å². The van der Waals surface area contributed by atoms with Crippen molar-refractivity contribution in [2.45, 2.75) is 32.7 Å². The quantitative estimate of drug-likeness (QED) is 0.924. The van der Waals surface area contributed by atoms with Gasteiger partial charge in [0.05, 0.1) is 0 Å². The summed E-state index contributed by atoms with van der Waals surface area (Å²) in [5.41, 5.74) is 0.926. The van der Waals surface area contributed by atoms with Gasteiger partial charge in [0.2, 0.25) is 11.9 Å². The smallest absolute Gasteiger partial charge is 0.230 e. The van der Waals surface area contributed by atoms with Crippen LogP contribution in [0.2, 0.25) is 0 Å². The van der Waals surface area contributed by atoms with Crippen LogP contribution in [0.25, 0.3) is 11.5 Å². The van der Waals surface area contributed by atoms with Crippen LogP contribution < -0.4 is 10.2 Å². The highest BCUT2D eigenvalue weighted by Crippen LogP contribution is 2.21. The molecule has 0 spiro atoms. The molecule has 1 N–H and O–H groups in total. The van der Waals surface area contributed by atoms with Crippen molar-refractivity contribution < 1.29 is 0 Å². The third-order valence-corrected chi connectivity index (χ3v) is 3.73. The van der Waals surface area contributed by atoms with Crippen molar-refractivity contribution in [1.29, 1.82) is 0 Å². The second-order valence-corrected chi connectivity index (χ2v) is 5.11. The summed E-state index contributed by atoms with van der Waals surface area (Å²) in [5, 5.41) is 7.32. The molecule has 7 heteroatoms. The molecule has 0 saturated carbocycles. The standard InChI is InChI=1S/C14H21N7/c1-3-21-11(7-8-16-21)12-17-13(15-2)19-14(18-12)20-9-5-4-6-10-20/h7-8H,3-6,9-10H2,1-2H3,(H,15,17,18,19). The Bertz CT molecular complexity index is 601. The molecule has 0 bridgehead atoms. The van der Waals surface area contributed by atoms with E-state index in [0.717, 1.165) is 31.3 Å². The fourth-order valence-electron chi connectivity index (χ4n) is 2.60. The Hall–Kier alpha value is -2.18. The van der Waals surface area contributed by atoms with Crippen LogP contribution in [0.4, 0.5) is 11.9 Å². The van der Waals surface area contributed by atoms with Crippen molar-refractivity contribution in [3.8, 4) is 11.5 Å². The van der Waals surface area contributed by atoms with Gasteiger partial charge in [0, 0.05) is 32.9 Å². The van der Waals surface area contributed by atoms with Gasteiger partial charge in [-0.25, -0.2) is 0 Å². The minimum Gasteiger partial charge on any atom is -0.357 e. The summed E-state index contributed by atoms with van der Waals surface area (Å²) in [4.78, 5) is 15.9. The summed E-state index contributed by atoms with van der Waals surface area (Å²) in [6, 6.07) is 1.94. The lowest BCUT2D eigenvalue weighted by atomic mass is 10.1. The topological polar surface area (TPSA) is 71.8 Å². The maximum Gasteiger partial charge on any atom is 0.230 e. The first-order valence-corrected chi connectivity index (χ1v) is 7.52. The first kappa shape index (κ1) is 13.8.